The lowest BCUT2D eigenvalue weighted by Crippen LogP contribution is -2.12. The van der Waals surface area contributed by atoms with Gasteiger partial charge < -0.3 is 5.11 Å². The maximum absolute atomic E-state index is 14.1. The lowest BCUT2D eigenvalue weighted by atomic mass is 9.80. The van der Waals surface area contributed by atoms with Crippen molar-refractivity contribution in [2.24, 2.45) is 0 Å². The summed E-state index contributed by atoms with van der Waals surface area (Å²) in [6, 6.07) is 3.84. The molecule has 1 aliphatic carbocycles. The smallest absolute Gasteiger partial charge is 0.345 e. The van der Waals surface area contributed by atoms with Gasteiger partial charge in [0.1, 0.15) is 16.5 Å². The van der Waals surface area contributed by atoms with Crippen LogP contribution >= 0.6 is 11.3 Å². The van der Waals surface area contributed by atoms with E-state index in [0.29, 0.717) is 23.3 Å². The Hall–Kier alpha value is -1.75. The standard InChI is InChI=1S/C15H12F2O2S/c1-2-7-5-8-6-11(15(18)19)20-14(8)13-10(17)4-3-9(16)12(7)13/h3-4,6-7H,2,5H2,1H3,(H,18,19). The van der Waals surface area contributed by atoms with Crippen molar-refractivity contribution in [1.29, 1.82) is 0 Å². The van der Waals surface area contributed by atoms with E-state index in [1.54, 1.807) is 6.07 Å². The molecule has 0 saturated heterocycles. The fraction of sp³-hybridized carbons (Fsp3) is 0.267. The Bertz CT molecular complexity index is 706. The first-order valence-corrected chi connectivity index (χ1v) is 7.18. The molecule has 1 aliphatic rings. The molecule has 1 heterocycles. The SMILES string of the molecule is CCC1Cc2cc(C(=O)O)sc2-c2c(F)ccc(F)c21. The monoisotopic (exact) mass is 294 g/mol. The average Bonchev–Trinajstić information content (AvgIpc) is 2.85. The van der Waals surface area contributed by atoms with Gasteiger partial charge in [0.05, 0.1) is 0 Å². The number of fused-ring (bicyclic) bond motifs is 3. The molecule has 0 radical (unpaired) electrons. The predicted octanol–water partition coefficient (Wildman–Crippen LogP) is 4.44. The van der Waals surface area contributed by atoms with E-state index < -0.39 is 17.6 Å². The van der Waals surface area contributed by atoms with Crippen LogP contribution in [0.3, 0.4) is 0 Å². The lowest BCUT2D eigenvalue weighted by molar-refractivity contribution is 0.0702. The molecule has 104 valence electrons. The minimum Gasteiger partial charge on any atom is -0.477 e. The molecule has 1 N–H and O–H groups in total. The first kappa shape index (κ1) is 13.2. The first-order chi connectivity index (χ1) is 9.52. The fourth-order valence-electron chi connectivity index (χ4n) is 2.81. The Labute approximate surface area is 118 Å². The lowest BCUT2D eigenvalue weighted by Gasteiger charge is -2.25. The number of thiophene rings is 1. The van der Waals surface area contributed by atoms with Crippen LogP contribution in [0.15, 0.2) is 18.2 Å². The Kier molecular flexibility index (Phi) is 3.09. The van der Waals surface area contributed by atoms with Gasteiger partial charge in [0.2, 0.25) is 0 Å². The molecule has 0 bridgehead atoms. The van der Waals surface area contributed by atoms with Crippen LogP contribution in [0.2, 0.25) is 0 Å². The summed E-state index contributed by atoms with van der Waals surface area (Å²) in [7, 11) is 0. The average molecular weight is 294 g/mol. The van der Waals surface area contributed by atoms with Gasteiger partial charge in [-0.3, -0.25) is 0 Å². The van der Waals surface area contributed by atoms with E-state index in [2.05, 4.69) is 0 Å². The summed E-state index contributed by atoms with van der Waals surface area (Å²) in [5.41, 5.74) is 1.44. The summed E-state index contributed by atoms with van der Waals surface area (Å²) in [5, 5.41) is 9.07. The first-order valence-electron chi connectivity index (χ1n) is 6.37. The highest BCUT2D eigenvalue weighted by atomic mass is 32.1. The normalized spacial score (nSPS) is 16.6. The number of carboxylic acids is 1. The van der Waals surface area contributed by atoms with Crippen molar-refractivity contribution >= 4 is 17.3 Å². The molecule has 0 aliphatic heterocycles. The number of hydrogen-bond acceptors (Lipinski definition) is 2. The molecule has 5 heteroatoms. The summed E-state index contributed by atoms with van der Waals surface area (Å²) < 4.78 is 28.2. The Morgan fingerprint density at radius 1 is 1.40 bits per heavy atom. The molecule has 0 amide bonds. The van der Waals surface area contributed by atoms with Crippen LogP contribution < -0.4 is 0 Å². The molecule has 2 aromatic rings. The molecule has 0 spiro atoms. The Morgan fingerprint density at radius 2 is 2.10 bits per heavy atom. The van der Waals surface area contributed by atoms with Crippen molar-refractivity contribution < 1.29 is 18.7 Å². The van der Waals surface area contributed by atoms with Crippen molar-refractivity contribution in [3.8, 4) is 10.4 Å². The minimum absolute atomic E-state index is 0.107. The second-order valence-corrected chi connectivity index (χ2v) is 5.95. The summed E-state index contributed by atoms with van der Waals surface area (Å²) in [5.74, 6) is -2.04. The van der Waals surface area contributed by atoms with Crippen molar-refractivity contribution in [3.05, 3.63) is 45.8 Å². The highest BCUT2D eigenvalue weighted by Crippen LogP contribution is 2.47. The largest absolute Gasteiger partial charge is 0.477 e. The molecular formula is C15H12F2O2S. The Morgan fingerprint density at radius 3 is 2.75 bits per heavy atom. The highest BCUT2D eigenvalue weighted by Gasteiger charge is 2.31. The maximum Gasteiger partial charge on any atom is 0.345 e. The minimum atomic E-state index is -1.03. The maximum atomic E-state index is 14.1. The molecule has 1 aromatic carbocycles. The van der Waals surface area contributed by atoms with Crippen molar-refractivity contribution in [2.75, 3.05) is 0 Å². The molecular weight excluding hydrogens is 282 g/mol. The topological polar surface area (TPSA) is 37.3 Å². The van der Waals surface area contributed by atoms with E-state index in [0.717, 1.165) is 29.0 Å². The van der Waals surface area contributed by atoms with Crippen LogP contribution in [-0.2, 0) is 6.42 Å². The van der Waals surface area contributed by atoms with Gasteiger partial charge in [-0.1, -0.05) is 6.92 Å². The molecule has 1 unspecified atom stereocenters. The van der Waals surface area contributed by atoms with E-state index in [4.69, 9.17) is 5.11 Å². The third-order valence-electron chi connectivity index (χ3n) is 3.76. The van der Waals surface area contributed by atoms with Gasteiger partial charge >= 0.3 is 5.97 Å². The summed E-state index contributed by atoms with van der Waals surface area (Å²) in [6.45, 7) is 1.92. The van der Waals surface area contributed by atoms with Gasteiger partial charge in [-0.15, -0.1) is 11.3 Å². The molecule has 0 fully saturated rings. The van der Waals surface area contributed by atoms with Gasteiger partial charge in [0, 0.05) is 16.0 Å². The zero-order chi connectivity index (χ0) is 14.4. The molecule has 1 aromatic heterocycles. The van der Waals surface area contributed by atoms with Crippen molar-refractivity contribution in [2.45, 2.75) is 25.7 Å². The van der Waals surface area contributed by atoms with E-state index in [1.165, 1.54) is 0 Å². The zero-order valence-corrected chi connectivity index (χ0v) is 11.6. The van der Waals surface area contributed by atoms with Gasteiger partial charge in [-0.05, 0) is 42.5 Å². The second kappa shape index (κ2) is 4.66. The molecule has 1 atom stereocenters. The van der Waals surface area contributed by atoms with Crippen LogP contribution in [0.1, 0.15) is 40.1 Å². The number of carboxylic acid groups (broad SMARTS) is 1. The quantitative estimate of drug-likeness (QED) is 0.889. The van der Waals surface area contributed by atoms with Crippen LogP contribution in [0.4, 0.5) is 8.78 Å². The number of halogens is 2. The van der Waals surface area contributed by atoms with Crippen LogP contribution in [0.5, 0.6) is 0 Å². The van der Waals surface area contributed by atoms with Gasteiger partial charge in [-0.2, -0.15) is 0 Å². The Balaban J connectivity index is 2.30. The van der Waals surface area contributed by atoms with Crippen molar-refractivity contribution in [1.82, 2.24) is 0 Å². The number of aromatic carboxylic acids is 1. The molecule has 2 nitrogen and oxygen atoms in total. The summed E-state index contributed by atoms with van der Waals surface area (Å²) >= 11 is 1.02. The molecule has 0 saturated carbocycles. The van der Waals surface area contributed by atoms with Crippen LogP contribution in [-0.4, -0.2) is 11.1 Å². The summed E-state index contributed by atoms with van der Waals surface area (Å²) in [6.07, 6.45) is 1.24. The van der Waals surface area contributed by atoms with Gasteiger partial charge in [0.25, 0.3) is 0 Å². The van der Waals surface area contributed by atoms with Crippen LogP contribution in [0, 0.1) is 11.6 Å². The molecule has 3 rings (SSSR count). The van der Waals surface area contributed by atoms with E-state index in [1.807, 2.05) is 6.92 Å². The number of rotatable bonds is 2. The van der Waals surface area contributed by atoms with E-state index >= 15 is 0 Å². The zero-order valence-electron chi connectivity index (χ0n) is 10.7. The number of benzene rings is 1. The summed E-state index contributed by atoms with van der Waals surface area (Å²) in [4.78, 5) is 11.8. The van der Waals surface area contributed by atoms with E-state index in [9.17, 15) is 13.6 Å². The van der Waals surface area contributed by atoms with Crippen molar-refractivity contribution in [3.63, 3.8) is 0 Å². The number of carbonyl (C=O) groups is 1. The van der Waals surface area contributed by atoms with Crippen LogP contribution in [0.25, 0.3) is 10.4 Å². The third kappa shape index (κ3) is 1.85. The highest BCUT2D eigenvalue weighted by molar-refractivity contribution is 7.17. The van der Waals surface area contributed by atoms with Gasteiger partial charge in [-0.25, -0.2) is 13.6 Å². The van der Waals surface area contributed by atoms with Gasteiger partial charge in [0.15, 0.2) is 0 Å². The van der Waals surface area contributed by atoms with E-state index in [-0.39, 0.29) is 16.4 Å². The predicted molar refractivity (Wildman–Crippen MR) is 73.4 cm³/mol. The second-order valence-electron chi connectivity index (χ2n) is 4.90. The third-order valence-corrected chi connectivity index (χ3v) is 4.94. The fourth-order valence-corrected chi connectivity index (χ4v) is 3.90. The number of hydrogen-bond donors (Lipinski definition) is 1. The molecule has 20 heavy (non-hydrogen) atoms.